The second kappa shape index (κ2) is 7.80. The van der Waals surface area contributed by atoms with Crippen molar-refractivity contribution in [2.45, 2.75) is 49.0 Å². The molecule has 0 heterocycles. The average molecular weight is 311 g/mol. The quantitative estimate of drug-likeness (QED) is 0.794. The van der Waals surface area contributed by atoms with Crippen molar-refractivity contribution in [2.24, 2.45) is 0 Å². The summed E-state index contributed by atoms with van der Waals surface area (Å²) in [6.07, 6.45) is 5.43. The molecule has 0 bridgehead atoms. The van der Waals surface area contributed by atoms with Crippen LogP contribution in [0.15, 0.2) is 29.2 Å². The monoisotopic (exact) mass is 311 g/mol. The van der Waals surface area contributed by atoms with Gasteiger partial charge in [-0.05, 0) is 37.1 Å². The zero-order chi connectivity index (χ0) is 15.1. The lowest BCUT2D eigenvalue weighted by molar-refractivity contribution is -0.123. The Bertz CT molecular complexity index is 458. The molecule has 0 aliphatic heterocycles. The molecular formula is C16H22FNO2S. The molecule has 116 valence electrons. The van der Waals surface area contributed by atoms with Crippen LogP contribution in [0.1, 0.15) is 38.5 Å². The summed E-state index contributed by atoms with van der Waals surface area (Å²) in [5.74, 6) is 0.388. The molecule has 1 saturated carbocycles. The molecule has 21 heavy (non-hydrogen) atoms. The highest BCUT2D eigenvalue weighted by Crippen LogP contribution is 2.28. The smallest absolute Gasteiger partial charge is 0.221 e. The van der Waals surface area contributed by atoms with Gasteiger partial charge in [0.1, 0.15) is 5.82 Å². The lowest BCUT2D eigenvalue weighted by atomic mass is 9.82. The van der Waals surface area contributed by atoms with E-state index in [1.54, 1.807) is 12.1 Å². The topological polar surface area (TPSA) is 49.3 Å². The molecule has 1 amide bonds. The third kappa shape index (κ3) is 5.00. The van der Waals surface area contributed by atoms with E-state index in [1.807, 2.05) is 0 Å². The maximum absolute atomic E-state index is 12.8. The standard InChI is InChI=1S/C16H22FNO2S/c17-13-4-6-14(7-5-13)21-11-8-15(20)18-16(12-19)9-2-1-3-10-16/h4-7,19H,1-3,8-12H2,(H,18,20). The van der Waals surface area contributed by atoms with Gasteiger partial charge in [0, 0.05) is 17.1 Å². The van der Waals surface area contributed by atoms with Crippen molar-refractivity contribution in [2.75, 3.05) is 12.4 Å². The van der Waals surface area contributed by atoms with E-state index in [4.69, 9.17) is 0 Å². The Labute approximate surface area is 129 Å². The summed E-state index contributed by atoms with van der Waals surface area (Å²) in [7, 11) is 0. The molecule has 1 aromatic carbocycles. The van der Waals surface area contributed by atoms with Gasteiger partial charge in [-0.25, -0.2) is 4.39 Å². The SMILES string of the molecule is O=C(CCSc1ccc(F)cc1)NC1(CO)CCCCC1. The van der Waals surface area contributed by atoms with Crippen LogP contribution in [0, 0.1) is 5.82 Å². The van der Waals surface area contributed by atoms with Crippen LogP contribution < -0.4 is 5.32 Å². The molecule has 2 N–H and O–H groups in total. The normalized spacial score (nSPS) is 17.4. The minimum atomic E-state index is -0.407. The maximum atomic E-state index is 12.8. The van der Waals surface area contributed by atoms with E-state index in [1.165, 1.54) is 30.3 Å². The Kier molecular flexibility index (Phi) is 6.06. The number of rotatable bonds is 6. The number of amides is 1. The molecule has 0 atom stereocenters. The molecule has 1 aliphatic carbocycles. The van der Waals surface area contributed by atoms with Crippen molar-refractivity contribution in [3.8, 4) is 0 Å². The summed E-state index contributed by atoms with van der Waals surface area (Å²) in [5.41, 5.74) is -0.407. The van der Waals surface area contributed by atoms with Crippen molar-refractivity contribution in [3.63, 3.8) is 0 Å². The van der Waals surface area contributed by atoms with Crippen LogP contribution in [0.2, 0.25) is 0 Å². The van der Waals surface area contributed by atoms with Crippen molar-refractivity contribution in [1.29, 1.82) is 0 Å². The van der Waals surface area contributed by atoms with Gasteiger partial charge in [0.05, 0.1) is 12.1 Å². The van der Waals surface area contributed by atoms with Crippen LogP contribution in [0.25, 0.3) is 0 Å². The van der Waals surface area contributed by atoms with E-state index in [0.717, 1.165) is 30.6 Å². The zero-order valence-corrected chi connectivity index (χ0v) is 12.9. The number of nitrogens with one attached hydrogen (secondary N) is 1. The fraction of sp³-hybridized carbons (Fsp3) is 0.562. The molecule has 5 heteroatoms. The van der Waals surface area contributed by atoms with Gasteiger partial charge in [-0.15, -0.1) is 11.8 Å². The third-order valence-corrected chi connectivity index (χ3v) is 4.94. The minimum absolute atomic E-state index is 0.0134. The predicted octanol–water partition coefficient (Wildman–Crippen LogP) is 3.12. The lowest BCUT2D eigenvalue weighted by Crippen LogP contribution is -2.52. The fourth-order valence-corrected chi connectivity index (χ4v) is 3.55. The summed E-state index contributed by atoms with van der Waals surface area (Å²) in [6.45, 7) is 0.0177. The maximum Gasteiger partial charge on any atom is 0.221 e. The van der Waals surface area contributed by atoms with Crippen LogP contribution in [-0.4, -0.2) is 28.9 Å². The Hall–Kier alpha value is -1.07. The third-order valence-electron chi connectivity index (χ3n) is 3.93. The molecule has 1 fully saturated rings. The first-order valence-electron chi connectivity index (χ1n) is 7.44. The molecule has 1 aromatic rings. The van der Waals surface area contributed by atoms with Crippen LogP contribution >= 0.6 is 11.8 Å². The van der Waals surface area contributed by atoms with Gasteiger partial charge in [0.25, 0.3) is 0 Å². The molecule has 1 aliphatic rings. The number of carbonyl (C=O) groups excluding carboxylic acids is 1. The number of aliphatic hydroxyl groups excluding tert-OH is 1. The first-order chi connectivity index (χ1) is 10.1. The van der Waals surface area contributed by atoms with Gasteiger partial charge in [0.15, 0.2) is 0 Å². The second-order valence-corrected chi connectivity index (χ2v) is 6.77. The van der Waals surface area contributed by atoms with E-state index >= 15 is 0 Å². The molecule has 3 nitrogen and oxygen atoms in total. The Morgan fingerprint density at radius 2 is 1.90 bits per heavy atom. The van der Waals surface area contributed by atoms with Gasteiger partial charge in [-0.1, -0.05) is 19.3 Å². The van der Waals surface area contributed by atoms with Gasteiger partial charge in [-0.2, -0.15) is 0 Å². The number of halogens is 1. The Morgan fingerprint density at radius 1 is 1.24 bits per heavy atom. The summed E-state index contributed by atoms with van der Waals surface area (Å²) >= 11 is 1.54. The summed E-state index contributed by atoms with van der Waals surface area (Å²) in [5, 5.41) is 12.6. The van der Waals surface area contributed by atoms with Gasteiger partial charge in [-0.3, -0.25) is 4.79 Å². The minimum Gasteiger partial charge on any atom is -0.394 e. The highest BCUT2D eigenvalue weighted by Gasteiger charge is 2.32. The van der Waals surface area contributed by atoms with Crippen molar-refractivity contribution < 1.29 is 14.3 Å². The highest BCUT2D eigenvalue weighted by molar-refractivity contribution is 7.99. The molecule has 0 aromatic heterocycles. The van der Waals surface area contributed by atoms with Crippen molar-refractivity contribution in [3.05, 3.63) is 30.1 Å². The van der Waals surface area contributed by atoms with Gasteiger partial charge >= 0.3 is 0 Å². The van der Waals surface area contributed by atoms with Crippen LogP contribution in [0.4, 0.5) is 4.39 Å². The Morgan fingerprint density at radius 3 is 2.52 bits per heavy atom. The molecule has 0 unspecified atom stereocenters. The van der Waals surface area contributed by atoms with Crippen molar-refractivity contribution >= 4 is 17.7 Å². The molecule has 0 saturated heterocycles. The first kappa shape index (κ1) is 16.3. The number of carbonyl (C=O) groups is 1. The summed E-state index contributed by atoms with van der Waals surface area (Å²) in [4.78, 5) is 13.0. The number of aliphatic hydroxyl groups is 1. The molecular weight excluding hydrogens is 289 g/mol. The zero-order valence-electron chi connectivity index (χ0n) is 12.1. The van der Waals surface area contributed by atoms with E-state index < -0.39 is 5.54 Å². The van der Waals surface area contributed by atoms with E-state index in [9.17, 15) is 14.3 Å². The van der Waals surface area contributed by atoms with Gasteiger partial charge < -0.3 is 10.4 Å². The fourth-order valence-electron chi connectivity index (χ4n) is 2.70. The van der Waals surface area contributed by atoms with E-state index in [-0.39, 0.29) is 18.3 Å². The largest absolute Gasteiger partial charge is 0.394 e. The summed E-state index contributed by atoms with van der Waals surface area (Å²) in [6, 6.07) is 6.28. The summed E-state index contributed by atoms with van der Waals surface area (Å²) < 4.78 is 12.8. The van der Waals surface area contributed by atoms with Crippen LogP contribution in [0.5, 0.6) is 0 Å². The van der Waals surface area contributed by atoms with E-state index in [0.29, 0.717) is 12.2 Å². The van der Waals surface area contributed by atoms with Gasteiger partial charge in [0.2, 0.25) is 5.91 Å². The number of benzene rings is 1. The van der Waals surface area contributed by atoms with Crippen LogP contribution in [-0.2, 0) is 4.79 Å². The number of thioether (sulfide) groups is 1. The van der Waals surface area contributed by atoms with Crippen molar-refractivity contribution in [1.82, 2.24) is 5.32 Å². The van der Waals surface area contributed by atoms with E-state index in [2.05, 4.69) is 5.32 Å². The Balaban J connectivity index is 1.75. The number of hydrogen-bond acceptors (Lipinski definition) is 3. The number of hydrogen-bond donors (Lipinski definition) is 2. The highest BCUT2D eigenvalue weighted by atomic mass is 32.2. The predicted molar refractivity (Wildman–Crippen MR) is 82.8 cm³/mol. The first-order valence-corrected chi connectivity index (χ1v) is 8.42. The second-order valence-electron chi connectivity index (χ2n) is 5.60. The lowest BCUT2D eigenvalue weighted by Gasteiger charge is -2.36. The van der Waals surface area contributed by atoms with Crippen LogP contribution in [0.3, 0.4) is 0 Å². The average Bonchev–Trinajstić information content (AvgIpc) is 2.50. The molecule has 2 rings (SSSR count). The molecule has 0 spiro atoms. The molecule has 0 radical (unpaired) electrons.